The normalized spacial score (nSPS) is 17.5. The Morgan fingerprint density at radius 2 is 1.79 bits per heavy atom. The van der Waals surface area contributed by atoms with E-state index in [9.17, 15) is 13.2 Å². The van der Waals surface area contributed by atoms with E-state index in [1.54, 1.807) is 24.5 Å². The molecule has 3 rings (SSSR count). The minimum atomic E-state index is -4.35. The Morgan fingerprint density at radius 3 is 2.46 bits per heavy atom. The molecule has 0 spiro atoms. The number of nitrogens with zero attached hydrogens (tertiary/aromatic N) is 2. The minimum Gasteiger partial charge on any atom is -0.381 e. The van der Waals surface area contributed by atoms with Gasteiger partial charge in [-0.25, -0.2) is 9.97 Å². The third kappa shape index (κ3) is 3.67. The van der Waals surface area contributed by atoms with Gasteiger partial charge in [0.2, 0.25) is 5.95 Å². The zero-order chi connectivity index (χ0) is 17.0. The number of alkyl halides is 3. The van der Waals surface area contributed by atoms with E-state index in [2.05, 4.69) is 15.3 Å². The lowest BCUT2D eigenvalue weighted by molar-refractivity contribution is -0.137. The molecule has 0 saturated carbocycles. The monoisotopic (exact) mass is 337 g/mol. The van der Waals surface area contributed by atoms with Gasteiger partial charge in [-0.3, -0.25) is 0 Å². The molecule has 1 aromatic carbocycles. The molecule has 1 fully saturated rings. The molecule has 0 amide bonds. The van der Waals surface area contributed by atoms with E-state index in [4.69, 9.17) is 4.74 Å². The number of hydrogen-bond donors (Lipinski definition) is 1. The van der Waals surface area contributed by atoms with Crippen LogP contribution < -0.4 is 5.32 Å². The van der Waals surface area contributed by atoms with Gasteiger partial charge in [0.05, 0.1) is 5.56 Å². The fourth-order valence-electron chi connectivity index (χ4n) is 2.99. The first-order valence-corrected chi connectivity index (χ1v) is 7.76. The summed E-state index contributed by atoms with van der Waals surface area (Å²) in [5.74, 6) is 0.468. The molecular formula is C17H18F3N3O. The van der Waals surface area contributed by atoms with Gasteiger partial charge < -0.3 is 10.1 Å². The molecule has 1 aromatic heterocycles. The molecule has 1 aliphatic heterocycles. The second-order valence-corrected chi connectivity index (χ2v) is 5.90. The smallest absolute Gasteiger partial charge is 0.381 e. The van der Waals surface area contributed by atoms with E-state index < -0.39 is 17.2 Å². The molecule has 7 heteroatoms. The summed E-state index contributed by atoms with van der Waals surface area (Å²) < 4.78 is 44.6. The van der Waals surface area contributed by atoms with Crippen molar-refractivity contribution in [3.05, 3.63) is 53.9 Å². The number of anilines is 1. The first-order chi connectivity index (χ1) is 11.5. The van der Waals surface area contributed by atoms with Crippen LogP contribution in [0.25, 0.3) is 0 Å². The van der Waals surface area contributed by atoms with Gasteiger partial charge in [0.1, 0.15) is 0 Å². The van der Waals surface area contributed by atoms with Crippen molar-refractivity contribution in [2.75, 3.05) is 25.1 Å². The van der Waals surface area contributed by atoms with Crippen molar-refractivity contribution in [1.29, 1.82) is 0 Å². The van der Waals surface area contributed by atoms with Gasteiger partial charge in [-0.2, -0.15) is 13.2 Å². The Hall–Kier alpha value is -2.15. The van der Waals surface area contributed by atoms with Crippen LogP contribution >= 0.6 is 0 Å². The van der Waals surface area contributed by atoms with Gasteiger partial charge in [-0.05, 0) is 30.5 Å². The van der Waals surface area contributed by atoms with Crippen molar-refractivity contribution in [3.8, 4) is 0 Å². The Balaban J connectivity index is 1.88. The van der Waals surface area contributed by atoms with Gasteiger partial charge in [-0.1, -0.05) is 18.2 Å². The van der Waals surface area contributed by atoms with Crippen LogP contribution in [0.3, 0.4) is 0 Å². The summed E-state index contributed by atoms with van der Waals surface area (Å²) in [5, 5.41) is 3.15. The van der Waals surface area contributed by atoms with E-state index >= 15 is 0 Å². The summed E-state index contributed by atoms with van der Waals surface area (Å²) in [4.78, 5) is 8.22. The Morgan fingerprint density at radius 1 is 1.08 bits per heavy atom. The van der Waals surface area contributed by atoms with Crippen molar-refractivity contribution < 1.29 is 17.9 Å². The van der Waals surface area contributed by atoms with E-state index in [1.807, 2.05) is 0 Å². The van der Waals surface area contributed by atoms with Crippen molar-refractivity contribution in [1.82, 2.24) is 9.97 Å². The molecule has 1 aliphatic rings. The van der Waals surface area contributed by atoms with Gasteiger partial charge in [0, 0.05) is 37.6 Å². The first-order valence-electron chi connectivity index (χ1n) is 7.76. The highest BCUT2D eigenvalue weighted by Crippen LogP contribution is 2.38. The number of hydrogen-bond acceptors (Lipinski definition) is 4. The number of aromatic nitrogens is 2. The molecule has 0 atom stereocenters. The van der Waals surface area contributed by atoms with Crippen molar-refractivity contribution >= 4 is 5.95 Å². The average Bonchev–Trinajstić information content (AvgIpc) is 2.61. The predicted molar refractivity (Wildman–Crippen MR) is 83.7 cm³/mol. The molecule has 128 valence electrons. The second-order valence-electron chi connectivity index (χ2n) is 5.90. The average molecular weight is 337 g/mol. The molecule has 2 heterocycles. The molecule has 0 bridgehead atoms. The molecule has 1 N–H and O–H groups in total. The lowest BCUT2D eigenvalue weighted by Crippen LogP contribution is -2.40. The molecule has 0 radical (unpaired) electrons. The van der Waals surface area contributed by atoms with Crippen LogP contribution in [0.1, 0.15) is 24.0 Å². The lowest BCUT2D eigenvalue weighted by Gasteiger charge is -2.38. The summed E-state index contributed by atoms with van der Waals surface area (Å²) in [7, 11) is 0. The fraction of sp³-hybridized carbons (Fsp3) is 0.412. The fourth-order valence-corrected chi connectivity index (χ4v) is 2.99. The van der Waals surface area contributed by atoms with E-state index in [0.29, 0.717) is 44.1 Å². The number of benzene rings is 1. The Bertz CT molecular complexity index is 670. The van der Waals surface area contributed by atoms with Crippen LogP contribution in [0.15, 0.2) is 42.7 Å². The Labute approximate surface area is 138 Å². The largest absolute Gasteiger partial charge is 0.416 e. The molecular weight excluding hydrogens is 319 g/mol. The molecule has 0 unspecified atom stereocenters. The SMILES string of the molecule is FC(F)(F)c1cccc(C2(CNc3ncccn3)CCOCC2)c1. The highest BCUT2D eigenvalue weighted by Gasteiger charge is 2.37. The topological polar surface area (TPSA) is 47.0 Å². The number of halogens is 3. The van der Waals surface area contributed by atoms with Crippen LogP contribution in [0.5, 0.6) is 0 Å². The van der Waals surface area contributed by atoms with E-state index in [0.717, 1.165) is 6.07 Å². The third-order valence-corrected chi connectivity index (χ3v) is 4.40. The molecule has 0 aliphatic carbocycles. The molecule has 4 nitrogen and oxygen atoms in total. The highest BCUT2D eigenvalue weighted by atomic mass is 19.4. The molecule has 1 saturated heterocycles. The molecule has 2 aromatic rings. The summed E-state index contributed by atoms with van der Waals surface area (Å²) in [6, 6.07) is 7.29. The predicted octanol–water partition coefficient (Wildman–Crippen LogP) is 3.66. The van der Waals surface area contributed by atoms with Gasteiger partial charge in [0.15, 0.2) is 0 Å². The van der Waals surface area contributed by atoms with Crippen LogP contribution in [0, 0.1) is 0 Å². The summed E-state index contributed by atoms with van der Waals surface area (Å²) >= 11 is 0. The van der Waals surface area contributed by atoms with Crippen LogP contribution in [0.2, 0.25) is 0 Å². The summed E-state index contributed by atoms with van der Waals surface area (Å²) in [5.41, 5.74) is -0.385. The maximum atomic E-state index is 13.1. The number of ether oxygens (including phenoxy) is 1. The minimum absolute atomic E-state index is 0.432. The number of rotatable bonds is 4. The zero-order valence-electron chi connectivity index (χ0n) is 13.0. The van der Waals surface area contributed by atoms with Crippen LogP contribution in [-0.2, 0) is 16.3 Å². The van der Waals surface area contributed by atoms with Crippen molar-refractivity contribution in [3.63, 3.8) is 0 Å². The zero-order valence-corrected chi connectivity index (χ0v) is 13.0. The van der Waals surface area contributed by atoms with Crippen molar-refractivity contribution in [2.45, 2.75) is 24.4 Å². The van der Waals surface area contributed by atoms with E-state index in [-0.39, 0.29) is 0 Å². The summed E-state index contributed by atoms with van der Waals surface area (Å²) in [6.45, 7) is 1.50. The summed E-state index contributed by atoms with van der Waals surface area (Å²) in [6.07, 6.45) is 0.188. The quantitative estimate of drug-likeness (QED) is 0.925. The second kappa shape index (κ2) is 6.76. The van der Waals surface area contributed by atoms with Gasteiger partial charge >= 0.3 is 6.18 Å². The standard InChI is InChI=1S/C17H18F3N3O/c18-17(19,20)14-4-1-3-13(11-14)16(5-9-24-10-6-16)12-23-15-21-7-2-8-22-15/h1-4,7-8,11H,5-6,9-10,12H2,(H,21,22,23). The van der Waals surface area contributed by atoms with Crippen LogP contribution in [-0.4, -0.2) is 29.7 Å². The third-order valence-electron chi connectivity index (χ3n) is 4.40. The maximum absolute atomic E-state index is 13.1. The first kappa shape index (κ1) is 16.7. The van der Waals surface area contributed by atoms with Crippen LogP contribution in [0.4, 0.5) is 19.1 Å². The maximum Gasteiger partial charge on any atom is 0.416 e. The lowest BCUT2D eigenvalue weighted by atomic mass is 9.73. The Kier molecular flexibility index (Phi) is 4.71. The van der Waals surface area contributed by atoms with Crippen molar-refractivity contribution in [2.24, 2.45) is 0 Å². The number of nitrogens with one attached hydrogen (secondary N) is 1. The highest BCUT2D eigenvalue weighted by molar-refractivity contribution is 5.35. The molecule has 24 heavy (non-hydrogen) atoms. The van der Waals surface area contributed by atoms with Gasteiger partial charge in [-0.15, -0.1) is 0 Å². The van der Waals surface area contributed by atoms with Gasteiger partial charge in [0.25, 0.3) is 0 Å². The van der Waals surface area contributed by atoms with E-state index in [1.165, 1.54) is 12.1 Å².